The molecule has 1 unspecified atom stereocenters. The van der Waals surface area contributed by atoms with Gasteiger partial charge in [-0.05, 0) is 6.92 Å². The van der Waals surface area contributed by atoms with E-state index in [0.29, 0.717) is 18.1 Å². The van der Waals surface area contributed by atoms with Gasteiger partial charge in [0.05, 0.1) is 6.61 Å². The van der Waals surface area contributed by atoms with E-state index in [-0.39, 0.29) is 0 Å². The van der Waals surface area contributed by atoms with E-state index >= 15 is 0 Å². The summed E-state index contributed by atoms with van der Waals surface area (Å²) >= 11 is 0. The van der Waals surface area contributed by atoms with Crippen LogP contribution in [0.5, 0.6) is 0 Å². The highest BCUT2D eigenvalue weighted by Crippen LogP contribution is 1.92. The topological polar surface area (TPSA) is 26.3 Å². The van der Waals surface area contributed by atoms with Gasteiger partial charge in [0.25, 0.3) is 0 Å². The van der Waals surface area contributed by atoms with Crippen molar-refractivity contribution in [3.63, 3.8) is 0 Å². The third kappa shape index (κ3) is 5.98. The van der Waals surface area contributed by atoms with Crippen LogP contribution >= 0.6 is 0 Å². The van der Waals surface area contributed by atoms with Crippen LogP contribution in [0, 0.1) is 0 Å². The number of ether oxygens (including phenoxy) is 1. The van der Waals surface area contributed by atoms with Crippen molar-refractivity contribution in [3.05, 3.63) is 12.2 Å². The zero-order chi connectivity index (χ0) is 7.98. The number of hydrogen-bond acceptors (Lipinski definition) is 2. The average molecular weight is 162 g/mol. The lowest BCUT2D eigenvalue weighted by atomic mass is 10.4. The molecule has 0 aliphatic carbocycles. The summed E-state index contributed by atoms with van der Waals surface area (Å²) in [7, 11) is 0.835. The Morgan fingerprint density at radius 3 is 2.70 bits per heavy atom. The number of rotatable bonds is 5. The van der Waals surface area contributed by atoms with Gasteiger partial charge in [-0.25, -0.2) is 0 Å². The van der Waals surface area contributed by atoms with E-state index in [1.165, 1.54) is 0 Å². The van der Waals surface area contributed by atoms with Crippen molar-refractivity contribution < 1.29 is 8.95 Å². The molecule has 0 aromatic rings. The number of hydrogen-bond donors (Lipinski definition) is 0. The van der Waals surface area contributed by atoms with E-state index < -0.39 is 10.8 Å². The Bertz CT molecular complexity index is 132. The molecule has 0 saturated heterocycles. The van der Waals surface area contributed by atoms with Crippen LogP contribution in [0.1, 0.15) is 6.92 Å². The molecule has 0 rings (SSSR count). The van der Waals surface area contributed by atoms with Crippen molar-refractivity contribution in [1.82, 2.24) is 0 Å². The standard InChI is InChI=1S/C7H14O2S/c1-7(2)6-10(8)5-4-9-3/h1,4-6H2,2-3H3. The highest BCUT2D eigenvalue weighted by molar-refractivity contribution is 7.85. The van der Waals surface area contributed by atoms with Gasteiger partial charge in [0.2, 0.25) is 0 Å². The summed E-state index contributed by atoms with van der Waals surface area (Å²) in [4.78, 5) is 0. The van der Waals surface area contributed by atoms with Crippen LogP contribution in [0.15, 0.2) is 12.2 Å². The van der Waals surface area contributed by atoms with Crippen molar-refractivity contribution in [2.75, 3.05) is 25.2 Å². The minimum atomic E-state index is -0.775. The lowest BCUT2D eigenvalue weighted by Gasteiger charge is -1.99. The molecule has 0 saturated carbocycles. The second kappa shape index (κ2) is 5.62. The molecule has 1 atom stereocenters. The highest BCUT2D eigenvalue weighted by atomic mass is 32.2. The fraction of sp³-hybridized carbons (Fsp3) is 0.714. The molecule has 0 radical (unpaired) electrons. The first kappa shape index (κ1) is 9.85. The number of methoxy groups -OCH3 is 1. The van der Waals surface area contributed by atoms with Crippen LogP contribution in [0.2, 0.25) is 0 Å². The third-order valence-electron chi connectivity index (χ3n) is 0.923. The Labute approximate surface area is 64.7 Å². The summed E-state index contributed by atoms with van der Waals surface area (Å²) in [6.45, 7) is 6.12. The van der Waals surface area contributed by atoms with E-state index in [1.807, 2.05) is 6.92 Å². The van der Waals surface area contributed by atoms with Gasteiger partial charge < -0.3 is 4.74 Å². The quantitative estimate of drug-likeness (QED) is 0.563. The summed E-state index contributed by atoms with van der Waals surface area (Å²) in [6.07, 6.45) is 0. The smallest absolute Gasteiger partial charge is 0.0577 e. The Balaban J connectivity index is 3.35. The first-order valence-corrected chi connectivity index (χ1v) is 4.64. The van der Waals surface area contributed by atoms with Crippen molar-refractivity contribution in [3.8, 4) is 0 Å². The van der Waals surface area contributed by atoms with Gasteiger partial charge in [-0.3, -0.25) is 4.21 Å². The van der Waals surface area contributed by atoms with E-state index in [2.05, 4.69) is 6.58 Å². The molecule has 0 aliphatic heterocycles. The Kier molecular flexibility index (Phi) is 5.54. The molecule has 3 heteroatoms. The molecule has 0 N–H and O–H groups in total. The molecule has 0 fully saturated rings. The second-order valence-electron chi connectivity index (χ2n) is 2.24. The molecule has 10 heavy (non-hydrogen) atoms. The predicted octanol–water partition coefficient (Wildman–Crippen LogP) is 0.958. The van der Waals surface area contributed by atoms with Crippen molar-refractivity contribution in [1.29, 1.82) is 0 Å². The monoisotopic (exact) mass is 162 g/mol. The molecule has 0 aromatic carbocycles. The summed E-state index contributed by atoms with van der Waals surface area (Å²) in [5.74, 6) is 1.22. The summed E-state index contributed by atoms with van der Waals surface area (Å²) in [6, 6.07) is 0. The van der Waals surface area contributed by atoms with Gasteiger partial charge >= 0.3 is 0 Å². The Morgan fingerprint density at radius 2 is 2.30 bits per heavy atom. The summed E-state index contributed by atoms with van der Waals surface area (Å²) in [5, 5.41) is 0. The molecule has 0 amide bonds. The van der Waals surface area contributed by atoms with Gasteiger partial charge in [-0.2, -0.15) is 0 Å². The average Bonchev–Trinajstić information content (AvgIpc) is 1.82. The van der Waals surface area contributed by atoms with Crippen molar-refractivity contribution >= 4 is 10.8 Å². The minimum absolute atomic E-state index is 0.569. The normalized spacial score (nSPS) is 13.0. The van der Waals surface area contributed by atoms with Crippen LogP contribution in [0.3, 0.4) is 0 Å². The largest absolute Gasteiger partial charge is 0.384 e. The summed E-state index contributed by atoms with van der Waals surface area (Å²) < 4.78 is 15.8. The van der Waals surface area contributed by atoms with Gasteiger partial charge in [-0.1, -0.05) is 12.2 Å². The van der Waals surface area contributed by atoms with Gasteiger partial charge in [0, 0.05) is 29.4 Å². The first-order valence-electron chi connectivity index (χ1n) is 3.15. The van der Waals surface area contributed by atoms with E-state index in [9.17, 15) is 4.21 Å². The zero-order valence-electron chi connectivity index (χ0n) is 6.55. The molecule has 0 heterocycles. The predicted molar refractivity (Wildman–Crippen MR) is 44.6 cm³/mol. The molecular formula is C7H14O2S. The van der Waals surface area contributed by atoms with Crippen LogP contribution in [-0.4, -0.2) is 29.4 Å². The maximum atomic E-state index is 11.0. The molecule has 0 bridgehead atoms. The van der Waals surface area contributed by atoms with Gasteiger partial charge in [0.15, 0.2) is 0 Å². The van der Waals surface area contributed by atoms with Crippen molar-refractivity contribution in [2.24, 2.45) is 0 Å². The Hall–Kier alpha value is -0.150. The fourth-order valence-corrected chi connectivity index (χ4v) is 1.57. The molecule has 2 nitrogen and oxygen atoms in total. The maximum Gasteiger partial charge on any atom is 0.0577 e. The van der Waals surface area contributed by atoms with Crippen LogP contribution in [-0.2, 0) is 15.5 Å². The van der Waals surface area contributed by atoms with E-state index in [1.54, 1.807) is 7.11 Å². The fourth-order valence-electron chi connectivity index (χ4n) is 0.523. The summed E-state index contributed by atoms with van der Waals surface area (Å²) in [5.41, 5.74) is 0.967. The lowest BCUT2D eigenvalue weighted by Crippen LogP contribution is -2.07. The van der Waals surface area contributed by atoms with Crippen LogP contribution < -0.4 is 0 Å². The van der Waals surface area contributed by atoms with Crippen LogP contribution in [0.25, 0.3) is 0 Å². The SMILES string of the molecule is C=C(C)CS(=O)CCOC. The Morgan fingerprint density at radius 1 is 1.70 bits per heavy atom. The van der Waals surface area contributed by atoms with E-state index in [4.69, 9.17) is 4.74 Å². The second-order valence-corrected chi connectivity index (χ2v) is 3.81. The zero-order valence-corrected chi connectivity index (χ0v) is 7.37. The van der Waals surface area contributed by atoms with Crippen molar-refractivity contribution in [2.45, 2.75) is 6.92 Å². The molecule has 0 aromatic heterocycles. The molecular weight excluding hydrogens is 148 g/mol. The minimum Gasteiger partial charge on any atom is -0.384 e. The lowest BCUT2D eigenvalue weighted by molar-refractivity contribution is 0.218. The highest BCUT2D eigenvalue weighted by Gasteiger charge is 1.97. The first-order chi connectivity index (χ1) is 4.66. The van der Waals surface area contributed by atoms with Gasteiger partial charge in [-0.15, -0.1) is 0 Å². The van der Waals surface area contributed by atoms with Gasteiger partial charge in [0.1, 0.15) is 0 Å². The molecule has 60 valence electrons. The third-order valence-corrected chi connectivity index (χ3v) is 2.36. The van der Waals surface area contributed by atoms with Crippen LogP contribution in [0.4, 0.5) is 0 Å². The van der Waals surface area contributed by atoms with E-state index in [0.717, 1.165) is 5.57 Å². The molecule has 0 aliphatic rings. The molecule has 0 spiro atoms. The maximum absolute atomic E-state index is 11.0.